The van der Waals surface area contributed by atoms with Crippen molar-refractivity contribution in [3.05, 3.63) is 39.0 Å². The van der Waals surface area contributed by atoms with Gasteiger partial charge in [-0.2, -0.15) is 0 Å². The highest BCUT2D eigenvalue weighted by Gasteiger charge is 2.15. The number of carbonyl (C=O) groups is 1. The predicted molar refractivity (Wildman–Crippen MR) is 92.5 cm³/mol. The molecule has 2 rings (SSSR count). The molecule has 1 aromatic carbocycles. The van der Waals surface area contributed by atoms with Gasteiger partial charge in [-0.15, -0.1) is 5.10 Å². The fourth-order valence-electron chi connectivity index (χ4n) is 1.74. The van der Waals surface area contributed by atoms with Crippen LogP contribution in [-0.2, 0) is 4.79 Å². The monoisotopic (exact) mass is 397 g/mol. The zero-order valence-electron chi connectivity index (χ0n) is 12.8. The first-order chi connectivity index (χ1) is 10.8. The summed E-state index contributed by atoms with van der Waals surface area (Å²) in [5.41, 5.74) is 0.672. The molecule has 8 heteroatoms. The second-order valence-electron chi connectivity index (χ2n) is 4.97. The van der Waals surface area contributed by atoms with Crippen LogP contribution in [0.15, 0.2) is 32.7 Å². The minimum atomic E-state index is -1.05. The van der Waals surface area contributed by atoms with Gasteiger partial charge < -0.3 is 9.84 Å². The van der Waals surface area contributed by atoms with Crippen molar-refractivity contribution in [3.8, 4) is 5.75 Å². The van der Waals surface area contributed by atoms with Crippen molar-refractivity contribution in [1.82, 2.24) is 15.2 Å². The lowest BCUT2D eigenvalue weighted by atomic mass is 10.2. The van der Waals surface area contributed by atoms with Crippen LogP contribution in [-0.4, -0.2) is 32.4 Å². The molecular weight excluding hydrogens is 382 g/mol. The zero-order valence-corrected chi connectivity index (χ0v) is 15.2. The molecule has 1 aromatic heterocycles. The number of aromatic nitrogens is 3. The number of hydrogen-bond acceptors (Lipinski definition) is 5. The van der Waals surface area contributed by atoms with Crippen molar-refractivity contribution in [1.29, 1.82) is 0 Å². The van der Waals surface area contributed by atoms with Gasteiger partial charge in [0.1, 0.15) is 16.5 Å². The van der Waals surface area contributed by atoms with E-state index in [9.17, 15) is 9.90 Å². The number of nitrogens with zero attached hydrogens (tertiary/aromatic N) is 2. The van der Waals surface area contributed by atoms with E-state index in [1.165, 1.54) is 0 Å². The van der Waals surface area contributed by atoms with Crippen molar-refractivity contribution in [3.63, 3.8) is 0 Å². The van der Waals surface area contributed by atoms with Crippen molar-refractivity contribution < 1.29 is 14.6 Å². The van der Waals surface area contributed by atoms with E-state index < -0.39 is 5.97 Å². The van der Waals surface area contributed by atoms with E-state index in [2.05, 4.69) is 31.1 Å². The number of aromatic amines is 1. The van der Waals surface area contributed by atoms with Crippen molar-refractivity contribution >= 4 is 39.7 Å². The van der Waals surface area contributed by atoms with E-state index in [4.69, 9.17) is 4.74 Å². The molecule has 23 heavy (non-hydrogen) atoms. The van der Waals surface area contributed by atoms with Gasteiger partial charge in [0.2, 0.25) is 5.16 Å². The van der Waals surface area contributed by atoms with Crippen LogP contribution < -0.4 is 4.74 Å². The van der Waals surface area contributed by atoms with Crippen LogP contribution in [0.5, 0.6) is 5.75 Å². The van der Waals surface area contributed by atoms with Gasteiger partial charge in [0, 0.05) is 10.0 Å². The minimum absolute atomic E-state index is 0.0140. The van der Waals surface area contributed by atoms with Crippen LogP contribution in [0.25, 0.3) is 6.08 Å². The lowest BCUT2D eigenvalue weighted by molar-refractivity contribution is -0.131. The number of carboxylic acids is 1. The van der Waals surface area contributed by atoms with Gasteiger partial charge in [0.05, 0.1) is 6.10 Å². The molecule has 0 aliphatic rings. The molecular formula is C15H16BrN3O3S. The van der Waals surface area contributed by atoms with Crippen LogP contribution in [0.2, 0.25) is 0 Å². The van der Waals surface area contributed by atoms with Gasteiger partial charge in [0.25, 0.3) is 0 Å². The number of benzene rings is 1. The topological polar surface area (TPSA) is 88.1 Å². The summed E-state index contributed by atoms with van der Waals surface area (Å²) < 4.78 is 6.57. The highest BCUT2D eigenvalue weighted by atomic mass is 79.9. The largest absolute Gasteiger partial charge is 0.490 e. The maximum absolute atomic E-state index is 11.5. The fraction of sp³-hybridized carbons (Fsp3) is 0.267. The summed E-state index contributed by atoms with van der Waals surface area (Å²) in [6.07, 6.45) is 1.54. The predicted octanol–water partition coefficient (Wildman–Crippen LogP) is 3.88. The Balaban J connectivity index is 2.38. The lowest BCUT2D eigenvalue weighted by Crippen LogP contribution is -2.07. The van der Waals surface area contributed by atoms with Gasteiger partial charge in [-0.1, -0.05) is 15.9 Å². The number of rotatable bonds is 6. The summed E-state index contributed by atoms with van der Waals surface area (Å²) in [7, 11) is 0. The first-order valence-corrected chi connectivity index (χ1v) is 8.44. The summed E-state index contributed by atoms with van der Waals surface area (Å²) in [5, 5.41) is 16.4. The third-order valence-electron chi connectivity index (χ3n) is 2.61. The van der Waals surface area contributed by atoms with E-state index in [1.807, 2.05) is 26.0 Å². The number of halogens is 1. The average molecular weight is 398 g/mol. The Morgan fingerprint density at radius 3 is 2.78 bits per heavy atom. The van der Waals surface area contributed by atoms with Crippen LogP contribution in [0.3, 0.4) is 0 Å². The maximum Gasteiger partial charge on any atom is 0.342 e. The molecule has 0 fully saturated rings. The molecule has 2 aromatic rings. The quantitative estimate of drug-likeness (QED) is 0.567. The summed E-state index contributed by atoms with van der Waals surface area (Å²) >= 11 is 4.37. The van der Waals surface area contributed by atoms with Crippen molar-refractivity contribution in [2.45, 2.75) is 32.0 Å². The Bertz CT molecular complexity index is 743. The van der Waals surface area contributed by atoms with E-state index in [0.717, 1.165) is 16.2 Å². The molecule has 0 saturated heterocycles. The second-order valence-corrected chi connectivity index (χ2v) is 6.89. The number of thioether (sulfide) groups is 1. The molecule has 0 saturated carbocycles. The van der Waals surface area contributed by atoms with Crippen LogP contribution in [0.4, 0.5) is 0 Å². The summed E-state index contributed by atoms with van der Waals surface area (Å²) in [6, 6.07) is 5.46. The SMILES string of the molecule is Cc1nc(S/C(=C/c2cc(Br)ccc2OC(C)C)C(=O)O)n[nH]1. The Kier molecular flexibility index (Phi) is 5.84. The zero-order chi connectivity index (χ0) is 17.0. The molecule has 122 valence electrons. The fourth-order valence-corrected chi connectivity index (χ4v) is 2.86. The number of carboxylic acid groups (broad SMARTS) is 1. The molecule has 0 aliphatic carbocycles. The van der Waals surface area contributed by atoms with Gasteiger partial charge in [0.15, 0.2) is 0 Å². The number of nitrogens with one attached hydrogen (secondary N) is 1. The first kappa shape index (κ1) is 17.6. The average Bonchev–Trinajstić information content (AvgIpc) is 2.86. The van der Waals surface area contributed by atoms with E-state index in [-0.39, 0.29) is 11.0 Å². The van der Waals surface area contributed by atoms with Gasteiger partial charge in [-0.05, 0) is 56.8 Å². The molecule has 0 amide bonds. The van der Waals surface area contributed by atoms with Crippen molar-refractivity contribution in [2.24, 2.45) is 0 Å². The minimum Gasteiger partial charge on any atom is -0.490 e. The smallest absolute Gasteiger partial charge is 0.342 e. The van der Waals surface area contributed by atoms with Crippen LogP contribution in [0.1, 0.15) is 25.2 Å². The molecule has 6 nitrogen and oxygen atoms in total. The molecule has 0 atom stereocenters. The molecule has 0 aliphatic heterocycles. The second kappa shape index (κ2) is 7.65. The van der Waals surface area contributed by atoms with Crippen LogP contribution >= 0.6 is 27.7 Å². The lowest BCUT2D eigenvalue weighted by Gasteiger charge is -2.13. The molecule has 0 spiro atoms. The maximum atomic E-state index is 11.5. The van der Waals surface area contributed by atoms with Gasteiger partial charge in [-0.25, -0.2) is 9.78 Å². The van der Waals surface area contributed by atoms with E-state index in [0.29, 0.717) is 22.3 Å². The molecule has 0 radical (unpaired) electrons. The molecule has 0 bridgehead atoms. The van der Waals surface area contributed by atoms with E-state index in [1.54, 1.807) is 19.1 Å². The summed E-state index contributed by atoms with van der Waals surface area (Å²) in [4.78, 5) is 15.7. The molecule has 2 N–H and O–H groups in total. The first-order valence-electron chi connectivity index (χ1n) is 6.83. The highest BCUT2D eigenvalue weighted by molar-refractivity contribution is 9.10. The Morgan fingerprint density at radius 1 is 1.48 bits per heavy atom. The van der Waals surface area contributed by atoms with Gasteiger partial charge >= 0.3 is 5.97 Å². The van der Waals surface area contributed by atoms with Crippen LogP contribution in [0, 0.1) is 6.92 Å². The third-order valence-corrected chi connectivity index (χ3v) is 3.98. The third kappa shape index (κ3) is 5.11. The number of aliphatic carboxylic acids is 1. The number of ether oxygens (including phenoxy) is 1. The molecule has 0 unspecified atom stereocenters. The van der Waals surface area contributed by atoms with Gasteiger partial charge in [-0.3, -0.25) is 5.10 Å². The summed E-state index contributed by atoms with van der Waals surface area (Å²) in [5.74, 6) is 0.199. The summed E-state index contributed by atoms with van der Waals surface area (Å²) in [6.45, 7) is 5.59. The normalized spacial score (nSPS) is 11.8. The van der Waals surface area contributed by atoms with E-state index >= 15 is 0 Å². The number of hydrogen-bond donors (Lipinski definition) is 2. The number of aryl methyl sites for hydroxylation is 1. The standard InChI is InChI=1S/C15H16BrN3O3S/c1-8(2)22-12-5-4-11(16)6-10(12)7-13(14(20)21)23-15-17-9(3)18-19-15/h4-8H,1-3H3,(H,20,21)(H,17,18,19)/b13-7+. The number of H-pyrrole nitrogens is 1. The van der Waals surface area contributed by atoms with Crippen molar-refractivity contribution in [2.75, 3.05) is 0 Å². The Hall–Kier alpha value is -1.80. The molecule has 1 heterocycles. The Labute approximate surface area is 146 Å². The highest BCUT2D eigenvalue weighted by Crippen LogP contribution is 2.31. The Morgan fingerprint density at radius 2 is 2.22 bits per heavy atom.